The van der Waals surface area contributed by atoms with Crippen LogP contribution < -0.4 is 5.73 Å². The maximum atomic E-state index is 10.6. The summed E-state index contributed by atoms with van der Waals surface area (Å²) in [6.07, 6.45) is 0. The predicted molar refractivity (Wildman–Crippen MR) is 44.1 cm³/mol. The quantitative estimate of drug-likeness (QED) is 0.693. The molecule has 0 spiro atoms. The SMILES string of the molecule is Cc1nc(C(CN)C(=O)O)ns1. The first-order valence-electron chi connectivity index (χ1n) is 3.38. The molecule has 0 bridgehead atoms. The highest BCUT2D eigenvalue weighted by atomic mass is 32.1. The molecule has 1 rings (SSSR count). The lowest BCUT2D eigenvalue weighted by molar-refractivity contribution is -0.138. The highest BCUT2D eigenvalue weighted by Gasteiger charge is 2.21. The molecule has 1 atom stereocenters. The Hall–Kier alpha value is -1.01. The largest absolute Gasteiger partial charge is 0.481 e. The van der Waals surface area contributed by atoms with Crippen molar-refractivity contribution in [2.45, 2.75) is 12.8 Å². The first-order chi connectivity index (χ1) is 5.65. The molecule has 0 aliphatic rings. The summed E-state index contributed by atoms with van der Waals surface area (Å²) in [6, 6.07) is 0. The van der Waals surface area contributed by atoms with Gasteiger partial charge < -0.3 is 10.8 Å². The maximum Gasteiger partial charge on any atom is 0.315 e. The Bertz CT molecular complexity index is 286. The fourth-order valence-corrected chi connectivity index (χ4v) is 1.30. The molecule has 1 aromatic heterocycles. The van der Waals surface area contributed by atoms with Crippen molar-refractivity contribution in [2.24, 2.45) is 5.73 Å². The third-order valence-corrected chi connectivity index (χ3v) is 2.02. The van der Waals surface area contributed by atoms with Gasteiger partial charge in [-0.3, -0.25) is 4.79 Å². The molecule has 3 N–H and O–H groups in total. The number of aromatic nitrogens is 2. The molecule has 0 aliphatic carbocycles. The number of carbonyl (C=O) groups is 1. The van der Waals surface area contributed by atoms with Gasteiger partial charge in [-0.2, -0.15) is 4.37 Å². The lowest BCUT2D eigenvalue weighted by Gasteiger charge is -2.02. The van der Waals surface area contributed by atoms with E-state index in [1.807, 2.05) is 0 Å². The minimum Gasteiger partial charge on any atom is -0.481 e. The van der Waals surface area contributed by atoms with Crippen molar-refractivity contribution in [3.8, 4) is 0 Å². The number of carboxylic acids is 1. The van der Waals surface area contributed by atoms with Crippen LogP contribution in [0.4, 0.5) is 0 Å². The van der Waals surface area contributed by atoms with Crippen LogP contribution in [0, 0.1) is 6.92 Å². The molecule has 1 aromatic rings. The van der Waals surface area contributed by atoms with Gasteiger partial charge in [0.2, 0.25) is 0 Å². The van der Waals surface area contributed by atoms with Crippen molar-refractivity contribution in [3.63, 3.8) is 0 Å². The van der Waals surface area contributed by atoms with E-state index in [4.69, 9.17) is 10.8 Å². The molecule has 0 aromatic carbocycles. The van der Waals surface area contributed by atoms with Crippen molar-refractivity contribution in [1.82, 2.24) is 9.36 Å². The zero-order chi connectivity index (χ0) is 9.14. The number of hydrogen-bond donors (Lipinski definition) is 2. The van der Waals surface area contributed by atoms with Crippen molar-refractivity contribution in [2.75, 3.05) is 6.54 Å². The van der Waals surface area contributed by atoms with E-state index >= 15 is 0 Å². The Kier molecular flexibility index (Phi) is 2.72. The zero-order valence-corrected chi connectivity index (χ0v) is 7.34. The predicted octanol–water partition coefficient (Wildman–Crippen LogP) is -0.0266. The van der Waals surface area contributed by atoms with Gasteiger partial charge in [0.1, 0.15) is 10.9 Å². The van der Waals surface area contributed by atoms with Crippen molar-refractivity contribution in [3.05, 3.63) is 10.8 Å². The van der Waals surface area contributed by atoms with Gasteiger partial charge in [-0.25, -0.2) is 4.98 Å². The summed E-state index contributed by atoms with van der Waals surface area (Å²) in [4.78, 5) is 14.5. The molecule has 0 radical (unpaired) electrons. The molecule has 0 amide bonds. The minimum absolute atomic E-state index is 0.0332. The number of aliphatic carboxylic acids is 1. The summed E-state index contributed by atoms with van der Waals surface area (Å²) in [5, 5.41) is 9.43. The Balaban J connectivity index is 2.87. The van der Waals surface area contributed by atoms with E-state index in [-0.39, 0.29) is 6.54 Å². The van der Waals surface area contributed by atoms with E-state index in [1.165, 1.54) is 11.5 Å². The van der Waals surface area contributed by atoms with Crippen LogP contribution >= 0.6 is 11.5 Å². The zero-order valence-electron chi connectivity index (χ0n) is 6.52. The minimum atomic E-state index is -0.977. The summed E-state index contributed by atoms with van der Waals surface area (Å²) in [5.41, 5.74) is 5.26. The Morgan fingerprint density at radius 2 is 2.50 bits per heavy atom. The smallest absolute Gasteiger partial charge is 0.315 e. The monoisotopic (exact) mass is 187 g/mol. The van der Waals surface area contributed by atoms with Gasteiger partial charge in [0.15, 0.2) is 5.82 Å². The third kappa shape index (κ3) is 1.77. The fraction of sp³-hybridized carbons (Fsp3) is 0.500. The molecular weight excluding hydrogens is 178 g/mol. The van der Waals surface area contributed by atoms with Gasteiger partial charge in [-0.05, 0) is 18.5 Å². The van der Waals surface area contributed by atoms with Gasteiger partial charge in [0.25, 0.3) is 0 Å². The number of carboxylic acid groups (broad SMARTS) is 1. The molecule has 12 heavy (non-hydrogen) atoms. The topological polar surface area (TPSA) is 89.1 Å². The van der Waals surface area contributed by atoms with E-state index in [0.717, 1.165) is 5.01 Å². The van der Waals surface area contributed by atoms with Gasteiger partial charge >= 0.3 is 5.97 Å². The molecular formula is C6H9N3O2S. The molecule has 0 aliphatic heterocycles. The molecule has 0 fully saturated rings. The van der Waals surface area contributed by atoms with E-state index in [1.54, 1.807) is 6.92 Å². The number of nitrogens with two attached hydrogens (primary N) is 1. The number of hydrogen-bond acceptors (Lipinski definition) is 5. The Morgan fingerprint density at radius 1 is 1.83 bits per heavy atom. The van der Waals surface area contributed by atoms with Gasteiger partial charge in [0, 0.05) is 6.54 Å². The van der Waals surface area contributed by atoms with Crippen LogP contribution in [0.1, 0.15) is 16.7 Å². The maximum absolute atomic E-state index is 10.6. The summed E-state index contributed by atoms with van der Waals surface area (Å²) in [6.45, 7) is 1.81. The second kappa shape index (κ2) is 3.59. The number of nitrogens with zero attached hydrogens (tertiary/aromatic N) is 2. The Morgan fingerprint density at radius 3 is 2.83 bits per heavy atom. The van der Waals surface area contributed by atoms with Gasteiger partial charge in [-0.1, -0.05) is 0 Å². The molecule has 66 valence electrons. The second-order valence-electron chi connectivity index (χ2n) is 2.30. The fourth-order valence-electron chi connectivity index (χ4n) is 0.773. The Labute approximate surface area is 73.4 Å². The molecule has 1 unspecified atom stereocenters. The number of aryl methyl sites for hydroxylation is 1. The second-order valence-corrected chi connectivity index (χ2v) is 3.25. The van der Waals surface area contributed by atoms with E-state index in [2.05, 4.69) is 9.36 Å². The first-order valence-corrected chi connectivity index (χ1v) is 4.15. The first kappa shape index (κ1) is 9.08. The average molecular weight is 187 g/mol. The third-order valence-electron chi connectivity index (χ3n) is 1.39. The van der Waals surface area contributed by atoms with Crippen LogP contribution in [-0.4, -0.2) is 27.0 Å². The molecule has 6 heteroatoms. The van der Waals surface area contributed by atoms with Crippen LogP contribution in [0.2, 0.25) is 0 Å². The molecule has 0 saturated carbocycles. The van der Waals surface area contributed by atoms with E-state index < -0.39 is 11.9 Å². The van der Waals surface area contributed by atoms with Gasteiger partial charge in [-0.15, -0.1) is 0 Å². The lowest BCUT2D eigenvalue weighted by atomic mass is 10.1. The van der Waals surface area contributed by atoms with Crippen molar-refractivity contribution >= 4 is 17.5 Å². The summed E-state index contributed by atoms with van der Waals surface area (Å²) in [7, 11) is 0. The van der Waals surface area contributed by atoms with E-state index in [0.29, 0.717) is 5.82 Å². The lowest BCUT2D eigenvalue weighted by Crippen LogP contribution is -2.22. The van der Waals surface area contributed by atoms with Crippen molar-refractivity contribution < 1.29 is 9.90 Å². The van der Waals surface area contributed by atoms with Gasteiger partial charge in [0.05, 0.1) is 0 Å². The standard InChI is InChI=1S/C6H9N3O2S/c1-3-8-5(9-12-3)4(2-7)6(10)11/h4H,2,7H2,1H3,(H,10,11). The highest BCUT2D eigenvalue weighted by Crippen LogP contribution is 2.13. The average Bonchev–Trinajstić information content (AvgIpc) is 2.37. The normalized spacial score (nSPS) is 12.8. The summed E-state index contributed by atoms with van der Waals surface area (Å²) < 4.78 is 3.88. The molecule has 0 saturated heterocycles. The van der Waals surface area contributed by atoms with Crippen molar-refractivity contribution in [1.29, 1.82) is 0 Å². The van der Waals surface area contributed by atoms with Crippen LogP contribution in [0.15, 0.2) is 0 Å². The summed E-state index contributed by atoms with van der Waals surface area (Å²) >= 11 is 1.19. The van der Waals surface area contributed by atoms with Crippen LogP contribution in [-0.2, 0) is 4.79 Å². The summed E-state index contributed by atoms with van der Waals surface area (Å²) in [5.74, 6) is -1.43. The van der Waals surface area contributed by atoms with Crippen LogP contribution in [0.25, 0.3) is 0 Å². The molecule has 5 nitrogen and oxygen atoms in total. The van der Waals surface area contributed by atoms with E-state index in [9.17, 15) is 4.79 Å². The van der Waals surface area contributed by atoms with Crippen LogP contribution in [0.5, 0.6) is 0 Å². The highest BCUT2D eigenvalue weighted by molar-refractivity contribution is 7.05. The number of rotatable bonds is 3. The van der Waals surface area contributed by atoms with Crippen LogP contribution in [0.3, 0.4) is 0 Å². The molecule has 1 heterocycles.